The quantitative estimate of drug-likeness (QED) is 0.566. The van der Waals surface area contributed by atoms with Gasteiger partial charge in [-0.1, -0.05) is 17.8 Å². The minimum absolute atomic E-state index is 0.254. The molecule has 0 saturated heterocycles. The smallest absolute Gasteiger partial charge is 0.409 e. The van der Waals surface area contributed by atoms with Gasteiger partial charge in [0.15, 0.2) is 10.8 Å². The van der Waals surface area contributed by atoms with Crippen LogP contribution < -0.4 is 10.9 Å². The molecule has 0 radical (unpaired) electrons. The fourth-order valence-electron chi connectivity index (χ4n) is 2.20. The molecule has 0 unspecified atom stereocenters. The lowest BCUT2D eigenvalue weighted by Gasteiger charge is -2.11. The lowest BCUT2D eigenvalue weighted by molar-refractivity contribution is 0.210. The van der Waals surface area contributed by atoms with Crippen LogP contribution in [0, 0.1) is 0 Å². The van der Waals surface area contributed by atoms with Crippen molar-refractivity contribution in [3.63, 3.8) is 0 Å². The molecule has 0 bridgehead atoms. The van der Waals surface area contributed by atoms with Crippen molar-refractivity contribution in [3.05, 3.63) is 52.9 Å². The van der Waals surface area contributed by atoms with E-state index in [1.807, 2.05) is 6.26 Å². The van der Waals surface area contributed by atoms with E-state index >= 15 is 0 Å². The minimum Gasteiger partial charge on any atom is -0.465 e. The number of rotatable bonds is 3. The minimum atomic E-state index is -1.17. The van der Waals surface area contributed by atoms with Gasteiger partial charge in [0.1, 0.15) is 0 Å². The van der Waals surface area contributed by atoms with Gasteiger partial charge in [0.25, 0.3) is 5.56 Å². The largest absolute Gasteiger partial charge is 0.465 e. The number of nitrogens with one attached hydrogen (secondary N) is 1. The number of thioether (sulfide) groups is 1. The molecule has 116 valence electrons. The summed E-state index contributed by atoms with van der Waals surface area (Å²) < 4.78 is 1.43. The number of aromatic nitrogens is 3. The standard InChI is InChI=1S/C15H12N4O3S/c1-23-14-16-8-9-5-6-12(20)19(13(9)18-14)11-4-2-3-10(7-11)17-15(21)22/h2-8,17H,1H3,(H,21,22). The number of nitrogens with zero attached hydrogens (tertiary/aromatic N) is 3. The number of carbonyl (C=O) groups is 1. The Kier molecular flexibility index (Phi) is 3.98. The molecule has 0 aliphatic rings. The van der Waals surface area contributed by atoms with Crippen molar-refractivity contribution in [2.24, 2.45) is 0 Å². The molecular formula is C15H12N4O3S. The molecule has 0 aliphatic heterocycles. The summed E-state index contributed by atoms with van der Waals surface area (Å²) >= 11 is 1.38. The van der Waals surface area contributed by atoms with Crippen LogP contribution in [0.25, 0.3) is 16.7 Å². The Balaban J connectivity index is 2.24. The third kappa shape index (κ3) is 3.02. The highest BCUT2D eigenvalue weighted by molar-refractivity contribution is 7.98. The second-order valence-electron chi connectivity index (χ2n) is 4.62. The van der Waals surface area contributed by atoms with Crippen molar-refractivity contribution in [3.8, 4) is 5.69 Å². The van der Waals surface area contributed by atoms with Crippen LogP contribution in [0.15, 0.2) is 52.5 Å². The Morgan fingerprint density at radius 1 is 1.30 bits per heavy atom. The Bertz CT molecular complexity index is 955. The van der Waals surface area contributed by atoms with Gasteiger partial charge in [-0.3, -0.25) is 14.7 Å². The van der Waals surface area contributed by atoms with E-state index in [-0.39, 0.29) is 5.56 Å². The van der Waals surface area contributed by atoms with E-state index in [1.54, 1.807) is 36.5 Å². The normalized spacial score (nSPS) is 10.7. The molecule has 2 heterocycles. The molecule has 0 saturated carbocycles. The summed E-state index contributed by atoms with van der Waals surface area (Å²) in [6.45, 7) is 0. The number of amides is 1. The molecule has 7 nitrogen and oxygen atoms in total. The number of hydrogen-bond donors (Lipinski definition) is 2. The number of hydrogen-bond acceptors (Lipinski definition) is 5. The number of fused-ring (bicyclic) bond motifs is 1. The zero-order chi connectivity index (χ0) is 16.4. The maximum absolute atomic E-state index is 12.3. The SMILES string of the molecule is CSc1ncc2ccc(=O)n(-c3cccc(NC(=O)O)c3)c2n1. The molecule has 0 fully saturated rings. The van der Waals surface area contributed by atoms with Crippen LogP contribution in [0.5, 0.6) is 0 Å². The Morgan fingerprint density at radius 3 is 2.87 bits per heavy atom. The summed E-state index contributed by atoms with van der Waals surface area (Å²) in [6.07, 6.45) is 2.34. The van der Waals surface area contributed by atoms with E-state index in [2.05, 4.69) is 15.3 Å². The molecular weight excluding hydrogens is 316 g/mol. The highest BCUT2D eigenvalue weighted by Crippen LogP contribution is 2.19. The number of carboxylic acid groups (broad SMARTS) is 1. The molecule has 1 aromatic carbocycles. The first-order valence-corrected chi connectivity index (χ1v) is 7.84. The van der Waals surface area contributed by atoms with E-state index in [4.69, 9.17) is 5.11 Å². The molecule has 0 atom stereocenters. The van der Waals surface area contributed by atoms with Crippen molar-refractivity contribution in [1.82, 2.24) is 14.5 Å². The first-order chi connectivity index (χ1) is 11.1. The van der Waals surface area contributed by atoms with Gasteiger partial charge in [0.05, 0.1) is 5.69 Å². The molecule has 23 heavy (non-hydrogen) atoms. The average molecular weight is 328 g/mol. The summed E-state index contributed by atoms with van der Waals surface area (Å²) in [5.74, 6) is 0. The third-order valence-electron chi connectivity index (χ3n) is 3.15. The van der Waals surface area contributed by atoms with Crippen LogP contribution in [0.1, 0.15) is 0 Å². The van der Waals surface area contributed by atoms with Gasteiger partial charge in [-0.15, -0.1) is 0 Å². The highest BCUT2D eigenvalue weighted by atomic mass is 32.2. The molecule has 0 spiro atoms. The zero-order valence-electron chi connectivity index (χ0n) is 12.1. The molecule has 1 amide bonds. The van der Waals surface area contributed by atoms with Crippen LogP contribution in [0.2, 0.25) is 0 Å². The molecule has 8 heteroatoms. The van der Waals surface area contributed by atoms with E-state index in [0.29, 0.717) is 22.2 Å². The molecule has 2 aromatic heterocycles. The topological polar surface area (TPSA) is 97.1 Å². The van der Waals surface area contributed by atoms with E-state index < -0.39 is 6.09 Å². The van der Waals surface area contributed by atoms with Gasteiger partial charge >= 0.3 is 6.09 Å². The first-order valence-electron chi connectivity index (χ1n) is 6.61. The summed E-state index contributed by atoms with van der Waals surface area (Å²) in [6, 6.07) is 9.67. The van der Waals surface area contributed by atoms with Crippen molar-refractivity contribution in [2.45, 2.75) is 5.16 Å². The van der Waals surface area contributed by atoms with Crippen LogP contribution in [-0.2, 0) is 0 Å². The van der Waals surface area contributed by atoms with Crippen molar-refractivity contribution < 1.29 is 9.90 Å². The molecule has 3 rings (SSSR count). The summed E-state index contributed by atoms with van der Waals surface area (Å²) in [5.41, 5.74) is 1.12. The Hall–Kier alpha value is -2.87. The lowest BCUT2D eigenvalue weighted by Crippen LogP contribution is -2.19. The summed E-state index contributed by atoms with van der Waals surface area (Å²) in [5, 5.41) is 12.4. The van der Waals surface area contributed by atoms with E-state index in [0.717, 1.165) is 5.39 Å². The second-order valence-corrected chi connectivity index (χ2v) is 5.40. The van der Waals surface area contributed by atoms with Gasteiger partial charge in [-0.25, -0.2) is 14.8 Å². The van der Waals surface area contributed by atoms with Crippen molar-refractivity contribution >= 4 is 34.6 Å². The van der Waals surface area contributed by atoms with Crippen LogP contribution in [-0.4, -0.2) is 32.0 Å². The van der Waals surface area contributed by atoms with Gasteiger partial charge in [0.2, 0.25) is 0 Å². The third-order valence-corrected chi connectivity index (χ3v) is 3.71. The maximum atomic E-state index is 12.3. The molecule has 3 aromatic rings. The zero-order valence-corrected chi connectivity index (χ0v) is 12.9. The Morgan fingerprint density at radius 2 is 2.13 bits per heavy atom. The average Bonchev–Trinajstić information content (AvgIpc) is 2.53. The van der Waals surface area contributed by atoms with Crippen molar-refractivity contribution in [2.75, 3.05) is 11.6 Å². The predicted octanol–water partition coefficient (Wildman–Crippen LogP) is 2.59. The van der Waals surface area contributed by atoms with Gasteiger partial charge in [0, 0.05) is 23.3 Å². The number of anilines is 1. The van der Waals surface area contributed by atoms with Gasteiger partial charge < -0.3 is 5.11 Å². The van der Waals surface area contributed by atoms with Crippen LogP contribution >= 0.6 is 11.8 Å². The number of pyridine rings is 1. The van der Waals surface area contributed by atoms with Crippen LogP contribution in [0.4, 0.5) is 10.5 Å². The highest BCUT2D eigenvalue weighted by Gasteiger charge is 2.09. The maximum Gasteiger partial charge on any atom is 0.409 e. The summed E-state index contributed by atoms with van der Waals surface area (Å²) in [7, 11) is 0. The fraction of sp³-hybridized carbons (Fsp3) is 0.0667. The first kappa shape index (κ1) is 15.0. The van der Waals surface area contributed by atoms with E-state index in [1.165, 1.54) is 22.4 Å². The molecule has 0 aliphatic carbocycles. The monoisotopic (exact) mass is 328 g/mol. The predicted molar refractivity (Wildman–Crippen MR) is 88.6 cm³/mol. The summed E-state index contributed by atoms with van der Waals surface area (Å²) in [4.78, 5) is 31.7. The van der Waals surface area contributed by atoms with Crippen molar-refractivity contribution in [1.29, 1.82) is 0 Å². The Labute approximate surface area is 135 Å². The van der Waals surface area contributed by atoms with Gasteiger partial charge in [-0.2, -0.15) is 0 Å². The molecule has 2 N–H and O–H groups in total. The fourth-order valence-corrected chi connectivity index (χ4v) is 2.53. The lowest BCUT2D eigenvalue weighted by atomic mass is 10.2. The van der Waals surface area contributed by atoms with E-state index in [9.17, 15) is 9.59 Å². The number of benzene rings is 1. The second kappa shape index (κ2) is 6.09. The van der Waals surface area contributed by atoms with Gasteiger partial charge in [-0.05, 0) is 30.5 Å². The van der Waals surface area contributed by atoms with Crippen LogP contribution in [0.3, 0.4) is 0 Å².